The molecule has 0 radical (unpaired) electrons. The summed E-state index contributed by atoms with van der Waals surface area (Å²) in [6, 6.07) is 6.08. The number of primary amides is 1. The predicted octanol–water partition coefficient (Wildman–Crippen LogP) is 2.31. The Morgan fingerprint density at radius 2 is 2.42 bits per heavy atom. The summed E-state index contributed by atoms with van der Waals surface area (Å²) >= 11 is 1.65. The van der Waals surface area contributed by atoms with Crippen LogP contribution in [0.1, 0.15) is 25.3 Å². The first-order valence-electron chi connectivity index (χ1n) is 6.65. The molecule has 19 heavy (non-hydrogen) atoms. The number of carbonyl (C=O) groups is 1. The Balaban J connectivity index is 2.04. The number of aryl methyl sites for hydroxylation is 1. The van der Waals surface area contributed by atoms with E-state index in [0.29, 0.717) is 0 Å². The van der Waals surface area contributed by atoms with Crippen LogP contribution in [0.15, 0.2) is 18.2 Å². The molecule has 0 aliphatic carbocycles. The fourth-order valence-electron chi connectivity index (χ4n) is 2.69. The smallest absolute Gasteiger partial charge is 0.240 e. The molecular weight excluding hydrogens is 258 g/mol. The van der Waals surface area contributed by atoms with Crippen LogP contribution in [0.4, 0.5) is 5.13 Å². The number of thiazole rings is 1. The second kappa shape index (κ2) is 4.81. The zero-order valence-electron chi connectivity index (χ0n) is 10.9. The number of anilines is 1. The first kappa shape index (κ1) is 12.4. The van der Waals surface area contributed by atoms with Crippen molar-refractivity contribution in [2.24, 2.45) is 5.73 Å². The average Bonchev–Trinajstić information content (AvgIpc) is 3.03. The van der Waals surface area contributed by atoms with Crippen molar-refractivity contribution in [3.63, 3.8) is 0 Å². The molecule has 0 spiro atoms. The van der Waals surface area contributed by atoms with Crippen LogP contribution in [-0.4, -0.2) is 23.5 Å². The first-order chi connectivity index (χ1) is 9.20. The Morgan fingerprint density at radius 1 is 1.58 bits per heavy atom. The lowest BCUT2D eigenvalue weighted by atomic mass is 10.1. The summed E-state index contributed by atoms with van der Waals surface area (Å²) in [6.45, 7) is 3.00. The van der Waals surface area contributed by atoms with E-state index in [0.717, 1.165) is 36.5 Å². The molecule has 2 heterocycles. The van der Waals surface area contributed by atoms with Crippen LogP contribution in [0.3, 0.4) is 0 Å². The van der Waals surface area contributed by atoms with Crippen LogP contribution in [0.2, 0.25) is 0 Å². The number of benzene rings is 1. The van der Waals surface area contributed by atoms with Crippen molar-refractivity contribution in [3.05, 3.63) is 23.8 Å². The highest BCUT2D eigenvalue weighted by molar-refractivity contribution is 7.22. The Labute approximate surface area is 116 Å². The van der Waals surface area contributed by atoms with Gasteiger partial charge in [0.2, 0.25) is 5.91 Å². The summed E-state index contributed by atoms with van der Waals surface area (Å²) in [5.41, 5.74) is 7.80. The van der Waals surface area contributed by atoms with E-state index in [1.54, 1.807) is 11.3 Å². The molecule has 2 N–H and O–H groups in total. The van der Waals surface area contributed by atoms with Crippen molar-refractivity contribution < 1.29 is 4.79 Å². The topological polar surface area (TPSA) is 59.2 Å². The lowest BCUT2D eigenvalue weighted by molar-refractivity contribution is -0.119. The summed E-state index contributed by atoms with van der Waals surface area (Å²) in [5, 5.41) is 0.928. The summed E-state index contributed by atoms with van der Waals surface area (Å²) in [5.74, 6) is -0.243. The average molecular weight is 275 g/mol. The van der Waals surface area contributed by atoms with Gasteiger partial charge in [0, 0.05) is 6.54 Å². The van der Waals surface area contributed by atoms with Crippen LogP contribution in [0, 0.1) is 0 Å². The summed E-state index contributed by atoms with van der Waals surface area (Å²) in [6.07, 6.45) is 2.82. The molecule has 4 nitrogen and oxygen atoms in total. The second-order valence-electron chi connectivity index (χ2n) is 4.87. The maximum absolute atomic E-state index is 11.5. The minimum absolute atomic E-state index is 0.189. The maximum Gasteiger partial charge on any atom is 0.240 e. The zero-order valence-corrected chi connectivity index (χ0v) is 11.7. The third-order valence-corrected chi connectivity index (χ3v) is 4.76. The van der Waals surface area contributed by atoms with Gasteiger partial charge in [-0.2, -0.15) is 0 Å². The molecule has 1 aromatic heterocycles. The SMILES string of the molecule is CCc1cccc2sc(N3CCCC3C(N)=O)nc12. The Hall–Kier alpha value is -1.62. The van der Waals surface area contributed by atoms with Gasteiger partial charge in [0.15, 0.2) is 5.13 Å². The molecule has 0 bridgehead atoms. The van der Waals surface area contributed by atoms with E-state index in [-0.39, 0.29) is 11.9 Å². The first-order valence-corrected chi connectivity index (χ1v) is 7.46. The number of amides is 1. The van der Waals surface area contributed by atoms with Crippen molar-refractivity contribution in [3.8, 4) is 0 Å². The highest BCUT2D eigenvalue weighted by atomic mass is 32.1. The van der Waals surface area contributed by atoms with Gasteiger partial charge in [0.1, 0.15) is 6.04 Å². The van der Waals surface area contributed by atoms with Gasteiger partial charge < -0.3 is 10.6 Å². The van der Waals surface area contributed by atoms with Crippen LogP contribution in [-0.2, 0) is 11.2 Å². The van der Waals surface area contributed by atoms with Crippen LogP contribution >= 0.6 is 11.3 Å². The predicted molar refractivity (Wildman–Crippen MR) is 78.6 cm³/mol. The number of para-hydroxylation sites is 1. The largest absolute Gasteiger partial charge is 0.368 e. The molecule has 1 unspecified atom stereocenters. The van der Waals surface area contributed by atoms with Gasteiger partial charge in [-0.25, -0.2) is 4.98 Å². The van der Waals surface area contributed by atoms with Crippen LogP contribution in [0.5, 0.6) is 0 Å². The molecule has 2 aromatic rings. The number of carbonyl (C=O) groups excluding carboxylic acids is 1. The van der Waals surface area contributed by atoms with Crippen molar-refractivity contribution in [2.75, 3.05) is 11.4 Å². The van der Waals surface area contributed by atoms with E-state index < -0.39 is 0 Å². The van der Waals surface area contributed by atoms with Gasteiger partial charge in [-0.3, -0.25) is 4.79 Å². The quantitative estimate of drug-likeness (QED) is 0.935. The summed E-state index contributed by atoms with van der Waals surface area (Å²) in [4.78, 5) is 18.3. The number of nitrogens with zero attached hydrogens (tertiary/aromatic N) is 2. The molecule has 1 amide bonds. The van der Waals surface area contributed by atoms with E-state index in [9.17, 15) is 4.79 Å². The van der Waals surface area contributed by atoms with Crippen LogP contribution < -0.4 is 10.6 Å². The standard InChI is InChI=1S/C14H17N3OS/c1-2-9-5-3-7-11-12(9)16-14(19-11)17-8-4-6-10(17)13(15)18/h3,5,7,10H,2,4,6,8H2,1H3,(H2,15,18). The van der Waals surface area contributed by atoms with Crippen molar-refractivity contribution in [1.29, 1.82) is 0 Å². The number of nitrogens with two attached hydrogens (primary N) is 1. The number of fused-ring (bicyclic) bond motifs is 1. The Kier molecular flexibility index (Phi) is 3.14. The van der Waals surface area contributed by atoms with Gasteiger partial charge in [0.25, 0.3) is 0 Å². The highest BCUT2D eigenvalue weighted by Crippen LogP contribution is 2.34. The van der Waals surface area contributed by atoms with Crippen LogP contribution in [0.25, 0.3) is 10.2 Å². The molecule has 3 rings (SSSR count). The Bertz CT molecular complexity index is 622. The summed E-state index contributed by atoms with van der Waals surface area (Å²) in [7, 11) is 0. The van der Waals surface area contributed by atoms with Gasteiger partial charge in [0.05, 0.1) is 10.2 Å². The molecule has 1 fully saturated rings. The minimum Gasteiger partial charge on any atom is -0.368 e. The maximum atomic E-state index is 11.5. The van der Waals surface area contributed by atoms with E-state index in [1.807, 2.05) is 0 Å². The normalized spacial score (nSPS) is 19.2. The van der Waals surface area contributed by atoms with E-state index in [1.165, 1.54) is 10.3 Å². The fraction of sp³-hybridized carbons (Fsp3) is 0.429. The molecular formula is C14H17N3OS. The third-order valence-electron chi connectivity index (χ3n) is 3.70. The number of hydrogen-bond donors (Lipinski definition) is 1. The van der Waals surface area contributed by atoms with Gasteiger partial charge >= 0.3 is 0 Å². The number of hydrogen-bond acceptors (Lipinski definition) is 4. The number of rotatable bonds is 3. The molecule has 1 saturated heterocycles. The van der Waals surface area contributed by atoms with Crippen molar-refractivity contribution >= 4 is 32.6 Å². The fourth-order valence-corrected chi connectivity index (χ4v) is 3.78. The highest BCUT2D eigenvalue weighted by Gasteiger charge is 2.31. The van der Waals surface area contributed by atoms with Crippen molar-refractivity contribution in [2.45, 2.75) is 32.2 Å². The second-order valence-corrected chi connectivity index (χ2v) is 5.88. The molecule has 0 saturated carbocycles. The molecule has 1 aromatic carbocycles. The lowest BCUT2D eigenvalue weighted by Gasteiger charge is -2.20. The molecule has 1 aliphatic heterocycles. The lowest BCUT2D eigenvalue weighted by Crippen LogP contribution is -2.40. The van der Waals surface area contributed by atoms with E-state index in [2.05, 4.69) is 30.0 Å². The molecule has 1 atom stereocenters. The van der Waals surface area contributed by atoms with Gasteiger partial charge in [-0.05, 0) is 30.9 Å². The Morgan fingerprint density at radius 3 is 3.16 bits per heavy atom. The summed E-state index contributed by atoms with van der Waals surface area (Å²) < 4.78 is 1.18. The monoisotopic (exact) mass is 275 g/mol. The molecule has 1 aliphatic rings. The zero-order chi connectivity index (χ0) is 13.4. The molecule has 100 valence electrons. The van der Waals surface area contributed by atoms with E-state index >= 15 is 0 Å². The van der Waals surface area contributed by atoms with Crippen molar-refractivity contribution in [1.82, 2.24) is 4.98 Å². The number of aromatic nitrogens is 1. The third kappa shape index (κ3) is 2.08. The van der Waals surface area contributed by atoms with Gasteiger partial charge in [-0.1, -0.05) is 30.4 Å². The van der Waals surface area contributed by atoms with Gasteiger partial charge in [-0.15, -0.1) is 0 Å². The minimum atomic E-state index is -0.243. The van der Waals surface area contributed by atoms with E-state index in [4.69, 9.17) is 10.7 Å². The molecule has 5 heteroatoms.